The molecule has 0 fully saturated rings. The Kier molecular flexibility index (Phi) is 4.68. The van der Waals surface area contributed by atoms with Crippen molar-refractivity contribution in [2.45, 2.75) is 19.9 Å². The molecule has 0 aliphatic rings. The van der Waals surface area contributed by atoms with Crippen molar-refractivity contribution < 1.29 is 18.3 Å². The lowest BCUT2D eigenvalue weighted by Crippen LogP contribution is -2.16. The molecule has 0 aromatic carbocycles. The Labute approximate surface area is 102 Å². The maximum absolute atomic E-state index is 12.7. The summed E-state index contributed by atoms with van der Waals surface area (Å²) in [5.41, 5.74) is 4.32. The highest BCUT2D eigenvalue weighted by molar-refractivity contribution is 5.89. The van der Waals surface area contributed by atoms with Crippen LogP contribution in [0.2, 0.25) is 0 Å². The summed E-state index contributed by atoms with van der Waals surface area (Å²) < 4.78 is 30.0. The third kappa shape index (κ3) is 2.60. The zero-order valence-electron chi connectivity index (χ0n) is 9.61. The molecule has 0 radical (unpaired) electrons. The molecule has 0 saturated carbocycles. The molecule has 2 N–H and O–H groups in total. The van der Waals surface area contributed by atoms with E-state index in [4.69, 9.17) is 15.7 Å². The van der Waals surface area contributed by atoms with E-state index in [1.54, 1.807) is 13.0 Å². The number of esters is 1. The minimum atomic E-state index is -2.85. The molecule has 0 bridgehead atoms. The number of nitriles is 1. The molecule has 0 saturated heterocycles. The summed E-state index contributed by atoms with van der Waals surface area (Å²) in [7, 11) is 0. The number of pyridine rings is 1. The SMILES string of the molecule is CCOC(=O)c1ncc(C(F)F)c(C#N)c1CN. The molecule has 1 aromatic rings. The molecule has 0 spiro atoms. The summed E-state index contributed by atoms with van der Waals surface area (Å²) in [6.45, 7) is 1.46. The van der Waals surface area contributed by atoms with Crippen LogP contribution in [-0.2, 0) is 11.3 Å². The Hall–Kier alpha value is -2.07. The molecule has 0 amide bonds. The normalized spacial score (nSPS) is 10.2. The van der Waals surface area contributed by atoms with Crippen molar-refractivity contribution in [3.63, 3.8) is 0 Å². The van der Waals surface area contributed by atoms with E-state index in [-0.39, 0.29) is 30.0 Å². The van der Waals surface area contributed by atoms with Crippen LogP contribution in [0.4, 0.5) is 8.78 Å². The first-order valence-corrected chi connectivity index (χ1v) is 5.14. The van der Waals surface area contributed by atoms with Gasteiger partial charge in [-0.25, -0.2) is 18.6 Å². The standard InChI is InChI=1S/C11H11F2N3O2/c1-2-18-11(17)9-7(4-15)6(3-14)8(5-16-9)10(12)13/h5,10H,2,4,15H2,1H3. The average Bonchev–Trinajstić information content (AvgIpc) is 2.36. The molecule has 1 rings (SSSR count). The number of hydrogen-bond donors (Lipinski definition) is 1. The Bertz CT molecular complexity index is 498. The Morgan fingerprint density at radius 3 is 2.78 bits per heavy atom. The number of hydrogen-bond acceptors (Lipinski definition) is 5. The second kappa shape index (κ2) is 6.02. The van der Waals surface area contributed by atoms with Crippen molar-refractivity contribution in [2.75, 3.05) is 6.61 Å². The van der Waals surface area contributed by atoms with Crippen LogP contribution in [0.1, 0.15) is 40.5 Å². The van der Waals surface area contributed by atoms with Crippen molar-refractivity contribution in [1.82, 2.24) is 4.98 Å². The largest absolute Gasteiger partial charge is 0.461 e. The number of nitrogens with two attached hydrogens (primary N) is 1. The molecule has 0 atom stereocenters. The average molecular weight is 255 g/mol. The summed E-state index contributed by atoms with van der Waals surface area (Å²) in [6, 6.07) is 1.63. The molecule has 18 heavy (non-hydrogen) atoms. The highest BCUT2D eigenvalue weighted by Crippen LogP contribution is 2.25. The first kappa shape index (κ1) is 14.0. The van der Waals surface area contributed by atoms with Gasteiger partial charge < -0.3 is 10.5 Å². The van der Waals surface area contributed by atoms with E-state index < -0.39 is 18.0 Å². The lowest BCUT2D eigenvalue weighted by atomic mass is 10.0. The van der Waals surface area contributed by atoms with Crippen molar-refractivity contribution in [1.29, 1.82) is 5.26 Å². The summed E-state index contributed by atoms with van der Waals surface area (Å²) in [4.78, 5) is 15.1. The van der Waals surface area contributed by atoms with Crippen LogP contribution in [0, 0.1) is 11.3 Å². The minimum Gasteiger partial charge on any atom is -0.461 e. The fourth-order valence-corrected chi connectivity index (χ4v) is 1.44. The van der Waals surface area contributed by atoms with Gasteiger partial charge in [-0.1, -0.05) is 0 Å². The number of carbonyl (C=O) groups excluding carboxylic acids is 1. The van der Waals surface area contributed by atoms with E-state index >= 15 is 0 Å². The second-order valence-corrected chi connectivity index (χ2v) is 3.25. The predicted molar refractivity (Wildman–Crippen MR) is 57.8 cm³/mol. The second-order valence-electron chi connectivity index (χ2n) is 3.25. The summed E-state index contributed by atoms with van der Waals surface area (Å²) >= 11 is 0. The van der Waals surface area contributed by atoms with Gasteiger partial charge in [0.25, 0.3) is 6.43 Å². The maximum Gasteiger partial charge on any atom is 0.357 e. The zero-order valence-corrected chi connectivity index (χ0v) is 9.61. The van der Waals surface area contributed by atoms with Gasteiger partial charge in [0.05, 0.1) is 17.7 Å². The lowest BCUT2D eigenvalue weighted by molar-refractivity contribution is 0.0517. The molecule has 96 valence electrons. The van der Waals surface area contributed by atoms with Gasteiger partial charge in [0.1, 0.15) is 6.07 Å². The van der Waals surface area contributed by atoms with Crippen LogP contribution in [0.5, 0.6) is 0 Å². The van der Waals surface area contributed by atoms with Crippen molar-refractivity contribution in [3.05, 3.63) is 28.6 Å². The van der Waals surface area contributed by atoms with Crippen LogP contribution >= 0.6 is 0 Å². The fraction of sp³-hybridized carbons (Fsp3) is 0.364. The zero-order chi connectivity index (χ0) is 13.7. The molecule has 1 aromatic heterocycles. The van der Waals surface area contributed by atoms with Gasteiger partial charge in [-0.05, 0) is 6.92 Å². The van der Waals surface area contributed by atoms with Gasteiger partial charge in [-0.15, -0.1) is 0 Å². The summed E-state index contributed by atoms with van der Waals surface area (Å²) in [5.74, 6) is -0.782. The molecule has 7 heteroatoms. The van der Waals surface area contributed by atoms with Crippen LogP contribution in [0.25, 0.3) is 0 Å². The molecule has 0 unspecified atom stereocenters. The smallest absolute Gasteiger partial charge is 0.357 e. The van der Waals surface area contributed by atoms with Gasteiger partial charge in [0.15, 0.2) is 5.69 Å². The van der Waals surface area contributed by atoms with Crippen molar-refractivity contribution in [3.8, 4) is 6.07 Å². The molecule has 0 aliphatic carbocycles. The first-order chi connectivity index (χ1) is 8.56. The van der Waals surface area contributed by atoms with E-state index in [2.05, 4.69) is 4.98 Å². The van der Waals surface area contributed by atoms with Crippen LogP contribution in [-0.4, -0.2) is 17.6 Å². The van der Waals surface area contributed by atoms with Crippen LogP contribution in [0.3, 0.4) is 0 Å². The summed E-state index contributed by atoms with van der Waals surface area (Å²) in [5, 5.41) is 8.90. The van der Waals surface area contributed by atoms with Crippen LogP contribution < -0.4 is 5.73 Å². The number of aromatic nitrogens is 1. The van der Waals surface area contributed by atoms with Crippen LogP contribution in [0.15, 0.2) is 6.20 Å². The summed E-state index contributed by atoms with van der Waals surface area (Å²) in [6.07, 6.45) is -2.05. The number of nitrogens with zero attached hydrogens (tertiary/aromatic N) is 2. The number of alkyl halides is 2. The molecular weight excluding hydrogens is 244 g/mol. The number of carbonyl (C=O) groups is 1. The third-order valence-electron chi connectivity index (χ3n) is 2.23. The molecule has 0 aliphatic heterocycles. The third-order valence-corrected chi connectivity index (χ3v) is 2.23. The number of halogens is 2. The van der Waals surface area contributed by atoms with E-state index in [0.29, 0.717) is 0 Å². The van der Waals surface area contributed by atoms with E-state index in [9.17, 15) is 13.6 Å². The lowest BCUT2D eigenvalue weighted by Gasteiger charge is -2.11. The monoisotopic (exact) mass is 255 g/mol. The number of rotatable bonds is 4. The highest BCUT2D eigenvalue weighted by Gasteiger charge is 2.23. The fourth-order valence-electron chi connectivity index (χ4n) is 1.44. The van der Waals surface area contributed by atoms with Gasteiger partial charge in [-0.3, -0.25) is 0 Å². The molecule has 1 heterocycles. The van der Waals surface area contributed by atoms with Gasteiger partial charge in [0.2, 0.25) is 0 Å². The minimum absolute atomic E-state index is 0.0197. The Morgan fingerprint density at radius 1 is 1.67 bits per heavy atom. The highest BCUT2D eigenvalue weighted by atomic mass is 19.3. The van der Waals surface area contributed by atoms with E-state index in [1.165, 1.54) is 0 Å². The van der Waals surface area contributed by atoms with Crippen molar-refractivity contribution >= 4 is 5.97 Å². The maximum atomic E-state index is 12.7. The first-order valence-electron chi connectivity index (χ1n) is 5.14. The van der Waals surface area contributed by atoms with Gasteiger partial charge in [0, 0.05) is 18.3 Å². The Balaban J connectivity index is 3.40. The van der Waals surface area contributed by atoms with E-state index in [1.807, 2.05) is 0 Å². The van der Waals surface area contributed by atoms with Gasteiger partial charge >= 0.3 is 5.97 Å². The quantitative estimate of drug-likeness (QED) is 0.824. The molecular formula is C11H11F2N3O2. The van der Waals surface area contributed by atoms with Crippen molar-refractivity contribution in [2.24, 2.45) is 5.73 Å². The Morgan fingerprint density at radius 2 is 2.33 bits per heavy atom. The number of ether oxygens (including phenoxy) is 1. The van der Waals surface area contributed by atoms with Gasteiger partial charge in [-0.2, -0.15) is 5.26 Å². The topological polar surface area (TPSA) is 89.0 Å². The van der Waals surface area contributed by atoms with E-state index in [0.717, 1.165) is 6.20 Å². The molecule has 5 nitrogen and oxygen atoms in total. The predicted octanol–water partition coefficient (Wildman–Crippen LogP) is 1.53.